The Morgan fingerprint density at radius 1 is 1.43 bits per heavy atom. The molecule has 2 N–H and O–H groups in total. The molecule has 21 heavy (non-hydrogen) atoms. The molecule has 5 nitrogen and oxygen atoms in total. The van der Waals surface area contributed by atoms with Crippen molar-refractivity contribution in [3.05, 3.63) is 35.6 Å². The molecule has 1 aromatic heterocycles. The molecule has 2 aromatic rings. The molecule has 0 amide bonds. The average molecular weight is 309 g/mol. The molecule has 0 aliphatic carbocycles. The molecule has 114 valence electrons. The average Bonchev–Trinajstić information content (AvgIpc) is 2.86. The van der Waals surface area contributed by atoms with E-state index < -0.39 is 16.8 Å². The zero-order valence-corrected chi connectivity index (χ0v) is 12.9. The van der Waals surface area contributed by atoms with Crippen LogP contribution in [0.25, 0.3) is 11.0 Å². The van der Waals surface area contributed by atoms with Gasteiger partial charge in [0.05, 0.1) is 0 Å². The molecule has 0 radical (unpaired) electrons. The van der Waals surface area contributed by atoms with Gasteiger partial charge >= 0.3 is 5.97 Å². The minimum absolute atomic E-state index is 0.0469. The van der Waals surface area contributed by atoms with Gasteiger partial charge < -0.3 is 14.8 Å². The molecular weight excluding hydrogens is 290 g/mol. The first-order valence-electron chi connectivity index (χ1n) is 6.76. The molecule has 2 rings (SSSR count). The van der Waals surface area contributed by atoms with Crippen LogP contribution >= 0.6 is 0 Å². The number of hydrogen-bond donors (Lipinski definition) is 2. The Kier molecular flexibility index (Phi) is 5.14. The summed E-state index contributed by atoms with van der Waals surface area (Å²) in [7, 11) is -0.787. The fourth-order valence-corrected chi connectivity index (χ4v) is 2.46. The van der Waals surface area contributed by atoms with Gasteiger partial charge in [0, 0.05) is 34.2 Å². The maximum Gasteiger partial charge on any atom is 0.371 e. The van der Waals surface area contributed by atoms with Crippen molar-refractivity contribution in [2.75, 3.05) is 12.8 Å². The highest BCUT2D eigenvalue weighted by Gasteiger charge is 2.10. The summed E-state index contributed by atoms with van der Waals surface area (Å²) in [5.41, 5.74) is 1.64. The van der Waals surface area contributed by atoms with Gasteiger partial charge in [0.15, 0.2) is 0 Å². The van der Waals surface area contributed by atoms with Crippen molar-refractivity contribution in [2.45, 2.75) is 25.1 Å². The monoisotopic (exact) mass is 309 g/mol. The van der Waals surface area contributed by atoms with Crippen LogP contribution in [-0.2, 0) is 17.3 Å². The predicted octanol–water partition coefficient (Wildman–Crippen LogP) is 2.38. The summed E-state index contributed by atoms with van der Waals surface area (Å²) in [5, 5.41) is 13.2. The number of furan rings is 1. The van der Waals surface area contributed by atoms with E-state index in [1.807, 2.05) is 19.1 Å². The lowest BCUT2D eigenvalue weighted by Crippen LogP contribution is -2.20. The van der Waals surface area contributed by atoms with Gasteiger partial charge in [-0.3, -0.25) is 4.21 Å². The van der Waals surface area contributed by atoms with Crippen LogP contribution in [0.5, 0.6) is 0 Å². The molecule has 1 aromatic carbocycles. The number of carboxylic acids is 1. The zero-order valence-electron chi connectivity index (χ0n) is 12.1. The first-order valence-corrected chi connectivity index (χ1v) is 8.38. The van der Waals surface area contributed by atoms with Crippen LogP contribution in [0, 0.1) is 0 Å². The normalized spacial score (nSPS) is 14.2. The Morgan fingerprint density at radius 2 is 2.19 bits per heavy atom. The Balaban J connectivity index is 1.93. The van der Waals surface area contributed by atoms with Crippen molar-refractivity contribution >= 4 is 27.7 Å². The van der Waals surface area contributed by atoms with Gasteiger partial charge in [0.25, 0.3) is 0 Å². The van der Waals surface area contributed by atoms with Gasteiger partial charge in [-0.05, 0) is 36.7 Å². The highest BCUT2D eigenvalue weighted by Crippen LogP contribution is 2.20. The highest BCUT2D eigenvalue weighted by molar-refractivity contribution is 7.84. The SMILES string of the molecule is CC(CCNCc1ccc2oc(C(=O)O)cc2c1)S(C)=O. The topological polar surface area (TPSA) is 79.5 Å². The van der Waals surface area contributed by atoms with Gasteiger partial charge in [-0.15, -0.1) is 0 Å². The summed E-state index contributed by atoms with van der Waals surface area (Å²) < 4.78 is 16.5. The highest BCUT2D eigenvalue weighted by atomic mass is 32.2. The van der Waals surface area contributed by atoms with E-state index in [2.05, 4.69) is 5.32 Å². The lowest BCUT2D eigenvalue weighted by Gasteiger charge is -2.09. The van der Waals surface area contributed by atoms with Crippen LogP contribution in [0.4, 0.5) is 0 Å². The maximum atomic E-state index is 11.2. The Labute approximate surface area is 125 Å². The van der Waals surface area contributed by atoms with Crippen LogP contribution in [0.2, 0.25) is 0 Å². The molecule has 6 heteroatoms. The third-order valence-corrected chi connectivity index (χ3v) is 4.78. The molecule has 0 saturated heterocycles. The lowest BCUT2D eigenvalue weighted by molar-refractivity contribution is 0.0665. The van der Waals surface area contributed by atoms with Gasteiger partial charge in [0.2, 0.25) is 5.76 Å². The third kappa shape index (κ3) is 4.15. The minimum atomic E-state index is -1.06. The number of hydrogen-bond acceptors (Lipinski definition) is 4. The largest absolute Gasteiger partial charge is 0.475 e. The number of carbonyl (C=O) groups is 1. The van der Waals surface area contributed by atoms with Crippen molar-refractivity contribution in [1.29, 1.82) is 0 Å². The van der Waals surface area contributed by atoms with Gasteiger partial charge in [-0.25, -0.2) is 4.79 Å². The van der Waals surface area contributed by atoms with Gasteiger partial charge in [-0.2, -0.15) is 0 Å². The maximum absolute atomic E-state index is 11.2. The Morgan fingerprint density at radius 3 is 2.86 bits per heavy atom. The second-order valence-corrected chi connectivity index (χ2v) is 6.86. The summed E-state index contributed by atoms with van der Waals surface area (Å²) >= 11 is 0. The number of benzene rings is 1. The Hall–Kier alpha value is -1.66. The lowest BCUT2D eigenvalue weighted by atomic mass is 10.1. The molecule has 0 aliphatic heterocycles. The molecule has 0 fully saturated rings. The fourth-order valence-electron chi connectivity index (χ4n) is 2.01. The molecule has 0 bridgehead atoms. The van der Waals surface area contributed by atoms with Crippen molar-refractivity contribution < 1.29 is 18.5 Å². The van der Waals surface area contributed by atoms with Crippen molar-refractivity contribution in [1.82, 2.24) is 5.32 Å². The quantitative estimate of drug-likeness (QED) is 0.768. The summed E-state index contributed by atoms with van der Waals surface area (Å²) in [6.07, 6.45) is 2.58. The van der Waals surface area contributed by atoms with E-state index in [1.54, 1.807) is 12.3 Å². The van der Waals surface area contributed by atoms with E-state index in [4.69, 9.17) is 9.52 Å². The summed E-state index contributed by atoms with van der Waals surface area (Å²) in [6.45, 7) is 3.46. The van der Waals surface area contributed by atoms with Crippen LogP contribution < -0.4 is 5.32 Å². The first-order chi connectivity index (χ1) is 9.97. The molecule has 2 unspecified atom stereocenters. The van der Waals surface area contributed by atoms with E-state index >= 15 is 0 Å². The zero-order chi connectivity index (χ0) is 15.4. The van der Waals surface area contributed by atoms with Crippen molar-refractivity contribution in [3.8, 4) is 0 Å². The predicted molar refractivity (Wildman–Crippen MR) is 83.0 cm³/mol. The second-order valence-electron chi connectivity index (χ2n) is 5.06. The molecule has 0 spiro atoms. The Bertz CT molecular complexity index is 665. The number of nitrogens with one attached hydrogen (secondary N) is 1. The van der Waals surface area contributed by atoms with E-state index in [-0.39, 0.29) is 11.0 Å². The van der Waals surface area contributed by atoms with Crippen LogP contribution in [0.1, 0.15) is 29.5 Å². The van der Waals surface area contributed by atoms with Crippen molar-refractivity contribution in [3.63, 3.8) is 0 Å². The van der Waals surface area contributed by atoms with E-state index in [9.17, 15) is 9.00 Å². The van der Waals surface area contributed by atoms with Crippen LogP contribution in [0.3, 0.4) is 0 Å². The number of aromatic carboxylic acids is 1. The minimum Gasteiger partial charge on any atom is -0.475 e. The van der Waals surface area contributed by atoms with Crippen LogP contribution in [0.15, 0.2) is 28.7 Å². The summed E-state index contributed by atoms with van der Waals surface area (Å²) in [6, 6.07) is 7.14. The first kappa shape index (κ1) is 15.7. The molecule has 0 aliphatic rings. The van der Waals surface area contributed by atoms with E-state index in [0.29, 0.717) is 12.1 Å². The van der Waals surface area contributed by atoms with E-state index in [1.165, 1.54) is 6.07 Å². The van der Waals surface area contributed by atoms with Gasteiger partial charge in [-0.1, -0.05) is 13.0 Å². The molecule has 0 saturated carbocycles. The van der Waals surface area contributed by atoms with Crippen molar-refractivity contribution in [2.24, 2.45) is 0 Å². The molecular formula is C15H19NO4S. The van der Waals surface area contributed by atoms with E-state index in [0.717, 1.165) is 23.9 Å². The van der Waals surface area contributed by atoms with Crippen LogP contribution in [-0.4, -0.2) is 33.3 Å². The second kappa shape index (κ2) is 6.87. The summed E-state index contributed by atoms with van der Waals surface area (Å²) in [4.78, 5) is 10.9. The molecule has 1 heterocycles. The van der Waals surface area contributed by atoms with Gasteiger partial charge in [0.1, 0.15) is 5.58 Å². The fraction of sp³-hybridized carbons (Fsp3) is 0.400. The number of carboxylic acid groups (broad SMARTS) is 1. The summed E-state index contributed by atoms with van der Waals surface area (Å²) in [5.74, 6) is -1.11. The molecule has 2 atom stereocenters. The number of fused-ring (bicyclic) bond motifs is 1. The third-order valence-electron chi connectivity index (χ3n) is 3.41. The smallest absolute Gasteiger partial charge is 0.371 e. The standard InChI is InChI=1S/C15H19NO4S/c1-10(21(2)19)5-6-16-9-11-3-4-13-12(7-11)8-14(20-13)15(17)18/h3-4,7-8,10,16H,5-6,9H2,1-2H3,(H,17,18). The number of rotatable bonds is 7.